The number of rotatable bonds is 3. The molecule has 0 saturated carbocycles. The van der Waals surface area contributed by atoms with Crippen LogP contribution < -0.4 is 0 Å². The number of nitrogens with zero attached hydrogens (tertiary/aromatic N) is 4. The van der Waals surface area contributed by atoms with E-state index >= 15 is 0 Å². The van der Waals surface area contributed by atoms with Crippen LogP contribution in [-0.4, -0.2) is 52.4 Å². The molecule has 2 aromatic heterocycles. The van der Waals surface area contributed by atoms with Crippen LogP contribution in [0, 0.1) is 0 Å². The highest BCUT2D eigenvalue weighted by Crippen LogP contribution is 2.23. The molecule has 0 aliphatic carbocycles. The lowest BCUT2D eigenvalue weighted by molar-refractivity contribution is 0.148. The maximum Gasteiger partial charge on any atom is 0.137 e. The molecule has 4 nitrogen and oxygen atoms in total. The van der Waals surface area contributed by atoms with Gasteiger partial charge in [-0.3, -0.25) is 9.30 Å². The zero-order valence-corrected chi connectivity index (χ0v) is 15.4. The smallest absolute Gasteiger partial charge is 0.137 e. The lowest BCUT2D eigenvalue weighted by Crippen LogP contribution is -2.43. The number of imidazole rings is 1. The number of fused-ring (bicyclic) bond motifs is 1. The van der Waals surface area contributed by atoms with Gasteiger partial charge in [0.05, 0.1) is 11.9 Å². The van der Waals surface area contributed by atoms with E-state index in [4.69, 9.17) is 0 Å². The first kappa shape index (κ1) is 15.8. The highest BCUT2D eigenvalue weighted by molar-refractivity contribution is 9.10. The normalized spacial score (nSPS) is 16.8. The summed E-state index contributed by atoms with van der Waals surface area (Å²) >= 11 is 3.54. The van der Waals surface area contributed by atoms with Crippen LogP contribution in [0.3, 0.4) is 0 Å². The monoisotopic (exact) mass is 384 g/mol. The summed E-state index contributed by atoms with van der Waals surface area (Å²) in [6, 6.07) is 12.9. The molecule has 3 aromatic rings. The highest BCUT2D eigenvalue weighted by atomic mass is 79.9. The number of halogens is 1. The van der Waals surface area contributed by atoms with Crippen molar-refractivity contribution in [2.24, 2.45) is 0 Å². The Kier molecular flexibility index (Phi) is 4.39. The Hall–Kier alpha value is -1.69. The molecule has 1 saturated heterocycles. The largest absolute Gasteiger partial charge is 0.304 e. The fourth-order valence-corrected chi connectivity index (χ4v) is 3.55. The molecule has 4 rings (SSSR count). The van der Waals surface area contributed by atoms with Crippen molar-refractivity contribution < 1.29 is 0 Å². The summed E-state index contributed by atoms with van der Waals surface area (Å²) in [5.74, 6) is 0. The molecule has 1 aliphatic rings. The van der Waals surface area contributed by atoms with Gasteiger partial charge in [-0.25, -0.2) is 4.98 Å². The SMILES string of the molecule is CN1CCN(Cc2ccc(-c3cnc4ccc(Br)cn34)cc2)CC1. The Labute approximate surface area is 150 Å². The van der Waals surface area contributed by atoms with E-state index in [1.54, 1.807) is 0 Å². The van der Waals surface area contributed by atoms with Crippen molar-refractivity contribution in [3.8, 4) is 11.3 Å². The fourth-order valence-electron chi connectivity index (χ4n) is 3.21. The minimum Gasteiger partial charge on any atom is -0.304 e. The molecule has 24 heavy (non-hydrogen) atoms. The van der Waals surface area contributed by atoms with Crippen molar-refractivity contribution in [2.45, 2.75) is 6.54 Å². The van der Waals surface area contributed by atoms with E-state index in [1.807, 2.05) is 18.3 Å². The first-order valence-corrected chi connectivity index (χ1v) is 9.11. The van der Waals surface area contributed by atoms with Crippen LogP contribution in [0.25, 0.3) is 16.9 Å². The molecule has 0 atom stereocenters. The Bertz CT molecular complexity index is 832. The molecule has 0 N–H and O–H groups in total. The zero-order chi connectivity index (χ0) is 16.5. The molecule has 1 fully saturated rings. The molecular weight excluding hydrogens is 364 g/mol. The van der Waals surface area contributed by atoms with Gasteiger partial charge in [0.15, 0.2) is 0 Å². The van der Waals surface area contributed by atoms with Crippen molar-refractivity contribution in [1.29, 1.82) is 0 Å². The van der Waals surface area contributed by atoms with Crippen molar-refractivity contribution >= 4 is 21.6 Å². The minimum absolute atomic E-state index is 0.967. The van der Waals surface area contributed by atoms with Crippen LogP contribution in [-0.2, 0) is 6.54 Å². The highest BCUT2D eigenvalue weighted by Gasteiger charge is 2.14. The molecule has 124 valence electrons. The molecule has 1 aliphatic heterocycles. The number of aromatic nitrogens is 2. The van der Waals surface area contributed by atoms with Gasteiger partial charge < -0.3 is 4.90 Å². The summed E-state index contributed by atoms with van der Waals surface area (Å²) in [5, 5.41) is 0. The van der Waals surface area contributed by atoms with Gasteiger partial charge in [-0.2, -0.15) is 0 Å². The molecule has 0 unspecified atom stereocenters. The first-order valence-electron chi connectivity index (χ1n) is 8.32. The maximum atomic E-state index is 4.49. The van der Waals surface area contributed by atoms with Gasteiger partial charge in [-0.15, -0.1) is 0 Å². The third kappa shape index (κ3) is 3.24. The van der Waals surface area contributed by atoms with E-state index in [9.17, 15) is 0 Å². The van der Waals surface area contributed by atoms with Crippen LogP contribution in [0.2, 0.25) is 0 Å². The number of piperazine rings is 1. The van der Waals surface area contributed by atoms with Crippen LogP contribution >= 0.6 is 15.9 Å². The number of hydrogen-bond donors (Lipinski definition) is 0. The van der Waals surface area contributed by atoms with E-state index in [1.165, 1.54) is 11.1 Å². The van der Waals surface area contributed by atoms with Gasteiger partial charge in [0.2, 0.25) is 0 Å². The Morgan fingerprint density at radius 1 is 1.00 bits per heavy atom. The Balaban J connectivity index is 1.54. The summed E-state index contributed by atoms with van der Waals surface area (Å²) in [6.07, 6.45) is 4.01. The maximum absolute atomic E-state index is 4.49. The second-order valence-corrected chi connectivity index (χ2v) is 7.41. The minimum atomic E-state index is 0.967. The number of likely N-dealkylation sites (N-methyl/N-ethyl adjacent to an activating group) is 1. The van der Waals surface area contributed by atoms with Gasteiger partial charge in [-0.1, -0.05) is 24.3 Å². The van der Waals surface area contributed by atoms with Gasteiger partial charge in [0, 0.05) is 49.0 Å². The van der Waals surface area contributed by atoms with Crippen molar-refractivity contribution in [1.82, 2.24) is 19.2 Å². The second-order valence-electron chi connectivity index (χ2n) is 6.50. The summed E-state index contributed by atoms with van der Waals surface area (Å²) in [6.45, 7) is 5.66. The number of pyridine rings is 1. The van der Waals surface area contributed by atoms with Crippen LogP contribution in [0.1, 0.15) is 5.56 Å². The Morgan fingerprint density at radius 2 is 1.75 bits per heavy atom. The molecule has 0 amide bonds. The van der Waals surface area contributed by atoms with E-state index < -0.39 is 0 Å². The van der Waals surface area contributed by atoms with Crippen LogP contribution in [0.4, 0.5) is 0 Å². The van der Waals surface area contributed by atoms with Crippen molar-refractivity contribution in [3.63, 3.8) is 0 Å². The third-order valence-corrected chi connectivity index (χ3v) is 5.19. The van der Waals surface area contributed by atoms with Gasteiger partial charge in [0.25, 0.3) is 0 Å². The zero-order valence-electron chi connectivity index (χ0n) is 13.8. The molecule has 5 heteroatoms. The van der Waals surface area contributed by atoms with Gasteiger partial charge in [-0.05, 0) is 40.7 Å². The lowest BCUT2D eigenvalue weighted by Gasteiger charge is -2.32. The molecule has 1 aromatic carbocycles. The number of benzene rings is 1. The van der Waals surface area contributed by atoms with Crippen LogP contribution in [0.5, 0.6) is 0 Å². The molecule has 0 spiro atoms. The van der Waals surface area contributed by atoms with Gasteiger partial charge in [0.1, 0.15) is 5.65 Å². The van der Waals surface area contributed by atoms with E-state index in [-0.39, 0.29) is 0 Å². The lowest BCUT2D eigenvalue weighted by atomic mass is 10.1. The predicted octanol–water partition coefficient (Wildman–Crippen LogP) is 3.51. The van der Waals surface area contributed by atoms with Crippen molar-refractivity contribution in [2.75, 3.05) is 33.2 Å². The summed E-state index contributed by atoms with van der Waals surface area (Å²) in [4.78, 5) is 9.41. The molecular formula is C19H21BrN4. The summed E-state index contributed by atoms with van der Waals surface area (Å²) in [5.41, 5.74) is 4.66. The molecule has 0 radical (unpaired) electrons. The van der Waals surface area contributed by atoms with E-state index in [0.717, 1.165) is 48.5 Å². The second kappa shape index (κ2) is 6.67. The molecule has 0 bridgehead atoms. The third-order valence-electron chi connectivity index (χ3n) is 4.72. The van der Waals surface area contributed by atoms with Gasteiger partial charge >= 0.3 is 0 Å². The Morgan fingerprint density at radius 3 is 2.50 bits per heavy atom. The van der Waals surface area contributed by atoms with E-state index in [2.05, 4.69) is 72.6 Å². The molecule has 3 heterocycles. The average Bonchev–Trinajstić information content (AvgIpc) is 3.01. The topological polar surface area (TPSA) is 23.8 Å². The average molecular weight is 385 g/mol. The first-order chi connectivity index (χ1) is 11.7. The summed E-state index contributed by atoms with van der Waals surface area (Å²) < 4.78 is 3.18. The van der Waals surface area contributed by atoms with Crippen molar-refractivity contribution in [3.05, 3.63) is 58.8 Å². The quantitative estimate of drug-likeness (QED) is 0.690. The standard InChI is InChI=1S/C19H21BrN4/c1-22-8-10-23(11-9-22)13-15-2-4-16(5-3-15)18-12-21-19-7-6-17(20)14-24(18)19/h2-7,12,14H,8-11,13H2,1H3. The van der Waals surface area contributed by atoms with Crippen LogP contribution in [0.15, 0.2) is 53.3 Å². The fraction of sp³-hybridized carbons (Fsp3) is 0.316. The number of hydrogen-bond acceptors (Lipinski definition) is 3. The van der Waals surface area contributed by atoms with E-state index in [0.29, 0.717) is 0 Å². The summed E-state index contributed by atoms with van der Waals surface area (Å²) in [7, 11) is 2.19. The predicted molar refractivity (Wildman–Crippen MR) is 101 cm³/mol.